The normalized spacial score (nSPS) is 18.2. The Hall–Kier alpha value is -3.52. The molecule has 0 spiro atoms. The average Bonchev–Trinajstić information content (AvgIpc) is 3.29. The molecule has 5 rings (SSSR count). The second-order valence-corrected chi connectivity index (χ2v) is 8.61. The van der Waals surface area contributed by atoms with Gasteiger partial charge in [-0.3, -0.25) is 9.59 Å². The number of amides is 2. The molecule has 0 bridgehead atoms. The van der Waals surface area contributed by atoms with Crippen molar-refractivity contribution in [2.24, 2.45) is 0 Å². The van der Waals surface area contributed by atoms with Gasteiger partial charge in [0.25, 0.3) is 5.91 Å². The number of carbonyl (C=O) groups is 2. The highest BCUT2D eigenvalue weighted by atomic mass is 16.5. The van der Waals surface area contributed by atoms with Crippen LogP contribution in [0.25, 0.3) is 0 Å². The summed E-state index contributed by atoms with van der Waals surface area (Å²) in [6, 6.07) is 18.0. The number of carbonyl (C=O) groups excluding carboxylic acids is 2. The molecule has 0 saturated carbocycles. The van der Waals surface area contributed by atoms with Crippen LogP contribution >= 0.6 is 0 Å². The van der Waals surface area contributed by atoms with Gasteiger partial charge in [-0.05, 0) is 18.1 Å². The third-order valence-corrected chi connectivity index (χ3v) is 6.37. The van der Waals surface area contributed by atoms with Crippen LogP contribution in [-0.4, -0.2) is 62.8 Å². The molecule has 2 aliphatic heterocycles. The summed E-state index contributed by atoms with van der Waals surface area (Å²) in [5.74, 6) is -0.0593. The fraction of sp³-hybridized carbons (Fsp3) is 0.360. The summed E-state index contributed by atoms with van der Waals surface area (Å²) in [5.41, 5.74) is 4.33. The van der Waals surface area contributed by atoms with Crippen LogP contribution in [0.3, 0.4) is 0 Å². The molecule has 170 valence electrons. The SMILES string of the molecule is Cc1ccc(CC(=O)N2CCN(C(=O)c3nnn4c3CO[C@H](c3ccccc3)C4)CC2)cc1. The number of rotatable bonds is 4. The number of piperazine rings is 1. The summed E-state index contributed by atoms with van der Waals surface area (Å²) in [6.45, 7) is 4.86. The van der Waals surface area contributed by atoms with Crippen molar-refractivity contribution in [1.29, 1.82) is 0 Å². The molecule has 1 aromatic heterocycles. The molecule has 1 atom stereocenters. The summed E-state index contributed by atoms with van der Waals surface area (Å²) in [6.07, 6.45) is 0.276. The maximum atomic E-state index is 13.1. The Morgan fingerprint density at radius 2 is 1.67 bits per heavy atom. The molecule has 0 unspecified atom stereocenters. The first-order chi connectivity index (χ1) is 16.1. The molecule has 0 N–H and O–H groups in total. The first-order valence-corrected chi connectivity index (χ1v) is 11.3. The third-order valence-electron chi connectivity index (χ3n) is 6.37. The lowest BCUT2D eigenvalue weighted by atomic mass is 10.1. The molecule has 0 aliphatic carbocycles. The molecule has 2 aliphatic rings. The van der Waals surface area contributed by atoms with Gasteiger partial charge >= 0.3 is 0 Å². The van der Waals surface area contributed by atoms with Crippen molar-refractivity contribution in [3.05, 3.63) is 82.7 Å². The number of ether oxygens (including phenoxy) is 1. The molecule has 1 fully saturated rings. The molecule has 1 saturated heterocycles. The molecule has 0 radical (unpaired) electrons. The fourth-order valence-electron chi connectivity index (χ4n) is 4.35. The van der Waals surface area contributed by atoms with Gasteiger partial charge in [-0.2, -0.15) is 0 Å². The highest BCUT2D eigenvalue weighted by Crippen LogP contribution is 2.27. The van der Waals surface area contributed by atoms with E-state index >= 15 is 0 Å². The largest absolute Gasteiger partial charge is 0.365 e. The van der Waals surface area contributed by atoms with Crippen molar-refractivity contribution >= 4 is 11.8 Å². The number of hydrogen-bond donors (Lipinski definition) is 0. The van der Waals surface area contributed by atoms with E-state index in [0.29, 0.717) is 57.1 Å². The van der Waals surface area contributed by atoms with Gasteiger partial charge in [-0.15, -0.1) is 5.10 Å². The number of fused-ring (bicyclic) bond motifs is 1. The Kier molecular flexibility index (Phi) is 5.92. The molecule has 33 heavy (non-hydrogen) atoms. The molecule has 3 aromatic rings. The van der Waals surface area contributed by atoms with Crippen LogP contribution in [0.4, 0.5) is 0 Å². The minimum atomic E-state index is -0.149. The van der Waals surface area contributed by atoms with Gasteiger partial charge in [0.1, 0.15) is 6.10 Å². The quantitative estimate of drug-likeness (QED) is 0.616. The number of hydrogen-bond acceptors (Lipinski definition) is 5. The number of nitrogens with zero attached hydrogens (tertiary/aromatic N) is 5. The topological polar surface area (TPSA) is 80.6 Å². The predicted molar refractivity (Wildman–Crippen MR) is 121 cm³/mol. The minimum Gasteiger partial charge on any atom is -0.365 e. The van der Waals surface area contributed by atoms with E-state index in [1.165, 1.54) is 5.56 Å². The Morgan fingerprint density at radius 3 is 2.39 bits per heavy atom. The zero-order valence-electron chi connectivity index (χ0n) is 18.7. The van der Waals surface area contributed by atoms with Gasteiger partial charge in [0, 0.05) is 26.2 Å². The molecule has 2 amide bonds. The molecule has 3 heterocycles. The lowest BCUT2D eigenvalue weighted by molar-refractivity contribution is -0.131. The molecule has 8 nitrogen and oxygen atoms in total. The van der Waals surface area contributed by atoms with Crippen LogP contribution < -0.4 is 0 Å². The van der Waals surface area contributed by atoms with Crippen LogP contribution in [0.15, 0.2) is 54.6 Å². The summed E-state index contributed by atoms with van der Waals surface area (Å²) in [7, 11) is 0. The summed E-state index contributed by atoms with van der Waals surface area (Å²) >= 11 is 0. The van der Waals surface area contributed by atoms with Crippen molar-refractivity contribution < 1.29 is 14.3 Å². The maximum absolute atomic E-state index is 13.1. The van der Waals surface area contributed by atoms with E-state index < -0.39 is 0 Å². The highest BCUT2D eigenvalue weighted by molar-refractivity contribution is 5.93. The Balaban J connectivity index is 1.18. The van der Waals surface area contributed by atoms with E-state index in [9.17, 15) is 9.59 Å². The summed E-state index contributed by atoms with van der Waals surface area (Å²) in [5, 5.41) is 8.40. The highest BCUT2D eigenvalue weighted by Gasteiger charge is 2.32. The first kappa shape index (κ1) is 21.3. The van der Waals surface area contributed by atoms with Crippen molar-refractivity contribution in [3.8, 4) is 0 Å². The van der Waals surface area contributed by atoms with Crippen molar-refractivity contribution in [3.63, 3.8) is 0 Å². The van der Waals surface area contributed by atoms with Crippen molar-refractivity contribution in [2.45, 2.75) is 32.6 Å². The Labute approximate surface area is 192 Å². The Morgan fingerprint density at radius 1 is 0.970 bits per heavy atom. The number of aryl methyl sites for hydroxylation is 1. The van der Waals surface area contributed by atoms with Crippen molar-refractivity contribution in [2.75, 3.05) is 26.2 Å². The molecule has 8 heteroatoms. The van der Waals surface area contributed by atoms with E-state index in [4.69, 9.17) is 4.74 Å². The smallest absolute Gasteiger partial charge is 0.276 e. The summed E-state index contributed by atoms with van der Waals surface area (Å²) in [4.78, 5) is 29.4. The van der Waals surface area contributed by atoms with Gasteiger partial charge in [-0.25, -0.2) is 4.68 Å². The van der Waals surface area contributed by atoms with Gasteiger partial charge < -0.3 is 14.5 Å². The molecular weight excluding hydrogens is 418 g/mol. The van der Waals surface area contributed by atoms with Crippen molar-refractivity contribution in [1.82, 2.24) is 24.8 Å². The number of benzene rings is 2. The standard InChI is InChI=1S/C25H27N5O3/c1-18-7-9-19(10-8-18)15-23(31)28-11-13-29(14-12-28)25(32)24-21-17-33-22(16-30(21)27-26-24)20-5-3-2-4-6-20/h2-10,22H,11-17H2,1H3/t22-/m0/s1. The van der Waals surface area contributed by atoms with E-state index in [1.54, 1.807) is 9.58 Å². The fourth-order valence-corrected chi connectivity index (χ4v) is 4.35. The second-order valence-electron chi connectivity index (χ2n) is 8.61. The van der Waals surface area contributed by atoms with Gasteiger partial charge in [-0.1, -0.05) is 65.4 Å². The second kappa shape index (κ2) is 9.15. The van der Waals surface area contributed by atoms with Crippen LogP contribution in [0.2, 0.25) is 0 Å². The first-order valence-electron chi connectivity index (χ1n) is 11.3. The third kappa shape index (κ3) is 4.52. The zero-order chi connectivity index (χ0) is 22.8. The Bertz CT molecular complexity index is 1130. The number of aromatic nitrogens is 3. The lowest BCUT2D eigenvalue weighted by Crippen LogP contribution is -2.51. The zero-order valence-corrected chi connectivity index (χ0v) is 18.7. The monoisotopic (exact) mass is 445 g/mol. The van der Waals surface area contributed by atoms with Crippen LogP contribution in [0.1, 0.15) is 39.0 Å². The van der Waals surface area contributed by atoms with Gasteiger partial charge in [0.05, 0.1) is 25.3 Å². The molecule has 2 aromatic carbocycles. The maximum Gasteiger partial charge on any atom is 0.276 e. The van der Waals surface area contributed by atoms with Crippen LogP contribution in [0.5, 0.6) is 0 Å². The average molecular weight is 446 g/mol. The van der Waals surface area contributed by atoms with Crippen LogP contribution in [0, 0.1) is 6.92 Å². The van der Waals surface area contributed by atoms with E-state index in [0.717, 1.165) is 11.1 Å². The van der Waals surface area contributed by atoms with E-state index in [-0.39, 0.29) is 17.9 Å². The summed E-state index contributed by atoms with van der Waals surface area (Å²) < 4.78 is 7.79. The minimum absolute atomic E-state index is 0.0901. The van der Waals surface area contributed by atoms with Crippen LogP contribution in [-0.2, 0) is 29.1 Å². The molecular formula is C25H27N5O3. The lowest BCUT2D eigenvalue weighted by Gasteiger charge is -2.34. The van der Waals surface area contributed by atoms with E-state index in [2.05, 4.69) is 10.3 Å². The van der Waals surface area contributed by atoms with E-state index in [1.807, 2.05) is 66.4 Å². The predicted octanol–water partition coefficient (Wildman–Crippen LogP) is 2.39. The van der Waals surface area contributed by atoms with Gasteiger partial charge in [0.2, 0.25) is 5.91 Å². The van der Waals surface area contributed by atoms with Gasteiger partial charge in [0.15, 0.2) is 5.69 Å².